The topological polar surface area (TPSA) is 15.3 Å². The predicted octanol–water partition coefficient (Wildman–Crippen LogP) is 3.47. The molecule has 1 heterocycles. The van der Waals surface area contributed by atoms with Crippen LogP contribution in [0.3, 0.4) is 0 Å². The Labute approximate surface area is 122 Å². The molecule has 1 aromatic carbocycles. The minimum atomic E-state index is -0.174. The molecule has 1 aliphatic heterocycles. The van der Waals surface area contributed by atoms with Gasteiger partial charge in [-0.2, -0.15) is 0 Å². The van der Waals surface area contributed by atoms with Crippen LogP contribution in [0, 0.1) is 18.7 Å². The molecular weight excluding hydrogens is 307 g/mol. The van der Waals surface area contributed by atoms with Crippen molar-refractivity contribution in [3.63, 3.8) is 0 Å². The van der Waals surface area contributed by atoms with Gasteiger partial charge in [-0.05, 0) is 66.2 Å². The smallest absolute Gasteiger partial charge is 0.139 e. The number of rotatable bonds is 2. The number of hydrogen-bond acceptors (Lipinski definition) is 2. The molecule has 0 bridgehead atoms. The van der Waals surface area contributed by atoms with E-state index in [0.29, 0.717) is 4.47 Å². The summed E-state index contributed by atoms with van der Waals surface area (Å²) >= 11 is 3.25. The van der Waals surface area contributed by atoms with Gasteiger partial charge < -0.3 is 10.2 Å². The first-order valence-electron chi connectivity index (χ1n) is 6.95. The van der Waals surface area contributed by atoms with Crippen LogP contribution in [0.15, 0.2) is 16.6 Å². The van der Waals surface area contributed by atoms with Crippen LogP contribution >= 0.6 is 15.9 Å². The second-order valence-corrected chi connectivity index (χ2v) is 6.95. The molecule has 2 aliphatic rings. The Morgan fingerprint density at radius 2 is 2.16 bits per heavy atom. The molecule has 1 unspecified atom stereocenters. The molecule has 19 heavy (non-hydrogen) atoms. The van der Waals surface area contributed by atoms with Crippen LogP contribution in [0.4, 0.5) is 10.1 Å². The number of anilines is 1. The van der Waals surface area contributed by atoms with E-state index in [1.165, 1.54) is 12.8 Å². The summed E-state index contributed by atoms with van der Waals surface area (Å²) in [7, 11) is 0. The Bertz CT molecular complexity index is 501. The summed E-state index contributed by atoms with van der Waals surface area (Å²) in [5, 5.41) is 3.66. The third-order valence-electron chi connectivity index (χ3n) is 4.49. The number of halogens is 2. The van der Waals surface area contributed by atoms with Gasteiger partial charge in [0.2, 0.25) is 0 Å². The lowest BCUT2D eigenvalue weighted by Gasteiger charge is -2.43. The molecule has 1 saturated heterocycles. The molecule has 1 aliphatic carbocycles. The van der Waals surface area contributed by atoms with Gasteiger partial charge >= 0.3 is 0 Å². The number of benzene rings is 1. The van der Waals surface area contributed by atoms with Crippen LogP contribution in [-0.2, 0) is 0 Å². The van der Waals surface area contributed by atoms with Gasteiger partial charge in [-0.25, -0.2) is 4.39 Å². The highest BCUT2D eigenvalue weighted by Gasteiger charge is 2.44. The first kappa shape index (κ1) is 13.4. The lowest BCUT2D eigenvalue weighted by molar-refractivity contribution is 0.285. The third kappa shape index (κ3) is 2.52. The van der Waals surface area contributed by atoms with Crippen LogP contribution in [0.1, 0.15) is 25.3 Å². The van der Waals surface area contributed by atoms with Gasteiger partial charge in [0.1, 0.15) is 5.82 Å². The molecule has 0 spiro atoms. The molecule has 0 radical (unpaired) electrons. The average molecular weight is 327 g/mol. The van der Waals surface area contributed by atoms with E-state index in [2.05, 4.69) is 40.0 Å². The third-order valence-corrected chi connectivity index (χ3v) is 5.10. The molecule has 1 saturated carbocycles. The van der Waals surface area contributed by atoms with E-state index < -0.39 is 0 Å². The van der Waals surface area contributed by atoms with Crippen LogP contribution in [-0.4, -0.2) is 25.2 Å². The lowest BCUT2D eigenvalue weighted by atomic mass is 9.92. The van der Waals surface area contributed by atoms with Crippen LogP contribution in [0.5, 0.6) is 0 Å². The van der Waals surface area contributed by atoms with Gasteiger partial charge in [0.25, 0.3) is 0 Å². The van der Waals surface area contributed by atoms with Gasteiger partial charge in [0.05, 0.1) is 4.47 Å². The predicted molar refractivity (Wildman–Crippen MR) is 80.2 cm³/mol. The Kier molecular flexibility index (Phi) is 3.34. The van der Waals surface area contributed by atoms with Crippen molar-refractivity contribution in [3.05, 3.63) is 28.0 Å². The van der Waals surface area contributed by atoms with E-state index in [-0.39, 0.29) is 11.4 Å². The molecular formula is C15H20BrFN2. The monoisotopic (exact) mass is 326 g/mol. The highest BCUT2D eigenvalue weighted by atomic mass is 79.9. The van der Waals surface area contributed by atoms with Gasteiger partial charge in [0, 0.05) is 30.9 Å². The Morgan fingerprint density at radius 3 is 2.84 bits per heavy atom. The van der Waals surface area contributed by atoms with Crippen molar-refractivity contribution in [3.8, 4) is 0 Å². The van der Waals surface area contributed by atoms with Gasteiger partial charge in [-0.15, -0.1) is 0 Å². The standard InChI is InChI=1S/C15H20BrFN2/c1-10-7-12(16)13(17)8-14(10)19-6-5-18-15(2,9-19)11-3-4-11/h7-8,11,18H,3-6,9H2,1-2H3. The lowest BCUT2D eigenvalue weighted by Crippen LogP contribution is -2.60. The highest BCUT2D eigenvalue weighted by Crippen LogP contribution is 2.41. The maximum atomic E-state index is 13.8. The fraction of sp³-hybridized carbons (Fsp3) is 0.600. The largest absolute Gasteiger partial charge is 0.368 e. The number of hydrogen-bond donors (Lipinski definition) is 1. The quantitative estimate of drug-likeness (QED) is 0.895. The molecule has 2 fully saturated rings. The zero-order valence-electron chi connectivity index (χ0n) is 11.5. The van der Waals surface area contributed by atoms with E-state index in [4.69, 9.17) is 0 Å². The van der Waals surface area contributed by atoms with E-state index in [9.17, 15) is 4.39 Å². The van der Waals surface area contributed by atoms with Gasteiger partial charge in [-0.3, -0.25) is 0 Å². The van der Waals surface area contributed by atoms with E-state index in [1.807, 2.05) is 6.07 Å². The van der Waals surface area contributed by atoms with Crippen molar-refractivity contribution in [1.29, 1.82) is 0 Å². The van der Waals surface area contributed by atoms with Crippen molar-refractivity contribution < 1.29 is 4.39 Å². The van der Waals surface area contributed by atoms with E-state index in [1.54, 1.807) is 6.07 Å². The van der Waals surface area contributed by atoms with Crippen molar-refractivity contribution in [2.24, 2.45) is 5.92 Å². The minimum absolute atomic E-state index is 0.174. The normalized spacial score (nSPS) is 27.7. The molecule has 0 amide bonds. The summed E-state index contributed by atoms with van der Waals surface area (Å²) in [6.45, 7) is 7.26. The zero-order valence-corrected chi connectivity index (χ0v) is 13.1. The molecule has 104 valence electrons. The summed E-state index contributed by atoms with van der Waals surface area (Å²) in [5.74, 6) is 0.614. The minimum Gasteiger partial charge on any atom is -0.368 e. The average Bonchev–Trinajstić information content (AvgIpc) is 3.18. The molecule has 3 rings (SSSR count). The summed E-state index contributed by atoms with van der Waals surface area (Å²) in [4.78, 5) is 2.33. The summed E-state index contributed by atoms with van der Waals surface area (Å²) in [6, 6.07) is 3.54. The number of nitrogens with one attached hydrogen (secondary N) is 1. The Hall–Kier alpha value is -0.610. The second kappa shape index (κ2) is 4.74. The van der Waals surface area contributed by atoms with Crippen LogP contribution < -0.4 is 10.2 Å². The first-order valence-corrected chi connectivity index (χ1v) is 7.74. The van der Waals surface area contributed by atoms with E-state index >= 15 is 0 Å². The molecule has 4 heteroatoms. The number of nitrogens with zero attached hydrogens (tertiary/aromatic N) is 1. The first-order chi connectivity index (χ1) is 8.99. The van der Waals surface area contributed by atoms with Crippen molar-refractivity contribution >= 4 is 21.6 Å². The molecule has 1 N–H and O–H groups in total. The molecule has 2 nitrogen and oxygen atoms in total. The van der Waals surface area contributed by atoms with E-state index in [0.717, 1.165) is 36.8 Å². The highest BCUT2D eigenvalue weighted by molar-refractivity contribution is 9.10. The number of piperazine rings is 1. The molecule has 0 aromatic heterocycles. The van der Waals surface area contributed by atoms with Crippen molar-refractivity contribution in [1.82, 2.24) is 5.32 Å². The maximum Gasteiger partial charge on any atom is 0.139 e. The van der Waals surface area contributed by atoms with Crippen LogP contribution in [0.2, 0.25) is 0 Å². The summed E-state index contributed by atoms with van der Waals surface area (Å²) < 4.78 is 14.3. The summed E-state index contributed by atoms with van der Waals surface area (Å²) in [5.41, 5.74) is 2.36. The Balaban J connectivity index is 1.87. The van der Waals surface area contributed by atoms with Gasteiger partial charge in [-0.1, -0.05) is 0 Å². The van der Waals surface area contributed by atoms with Crippen molar-refractivity contribution in [2.75, 3.05) is 24.5 Å². The van der Waals surface area contributed by atoms with Crippen LogP contribution in [0.25, 0.3) is 0 Å². The SMILES string of the molecule is Cc1cc(Br)c(F)cc1N1CCNC(C)(C2CC2)C1. The zero-order chi connectivity index (χ0) is 13.6. The fourth-order valence-electron chi connectivity index (χ4n) is 3.18. The fourth-order valence-corrected chi connectivity index (χ4v) is 3.64. The van der Waals surface area contributed by atoms with Crippen molar-refractivity contribution in [2.45, 2.75) is 32.2 Å². The summed E-state index contributed by atoms with van der Waals surface area (Å²) in [6.07, 6.45) is 2.65. The molecule has 1 aromatic rings. The number of aryl methyl sites for hydroxylation is 1. The Morgan fingerprint density at radius 1 is 1.42 bits per heavy atom. The maximum absolute atomic E-state index is 13.8. The molecule has 1 atom stereocenters. The van der Waals surface area contributed by atoms with Gasteiger partial charge in [0.15, 0.2) is 0 Å². The second-order valence-electron chi connectivity index (χ2n) is 6.09.